The maximum Gasteiger partial charge on any atom is 0.236 e. The smallest absolute Gasteiger partial charge is 0.236 e. The highest BCUT2D eigenvalue weighted by Gasteiger charge is 2.45. The number of amides is 1. The molecule has 0 bridgehead atoms. The zero-order valence-electron chi connectivity index (χ0n) is 8.21. The lowest BCUT2D eigenvalue weighted by Gasteiger charge is -2.22. The molecule has 0 radical (unpaired) electrons. The Labute approximate surface area is 92.6 Å². The van der Waals surface area contributed by atoms with Crippen molar-refractivity contribution in [1.82, 2.24) is 4.90 Å². The number of carbonyl (C=O) groups is 1. The highest BCUT2D eigenvalue weighted by atomic mass is 79.9. The van der Waals surface area contributed by atoms with Crippen LogP contribution in [0.2, 0.25) is 0 Å². The Morgan fingerprint density at radius 2 is 2.29 bits per heavy atom. The van der Waals surface area contributed by atoms with E-state index < -0.39 is 0 Å². The second kappa shape index (κ2) is 3.81. The third kappa shape index (κ3) is 1.96. The Morgan fingerprint density at radius 3 is 2.71 bits per heavy atom. The van der Waals surface area contributed by atoms with E-state index in [-0.39, 0.29) is 22.8 Å². The van der Waals surface area contributed by atoms with Crippen molar-refractivity contribution in [2.75, 3.05) is 19.7 Å². The van der Waals surface area contributed by atoms with Gasteiger partial charge in [0.2, 0.25) is 5.91 Å². The Hall–Kier alpha value is -0.0900. The first-order valence-corrected chi connectivity index (χ1v) is 6.12. The molecule has 1 N–H and O–H groups in total. The van der Waals surface area contributed by atoms with E-state index in [1.165, 1.54) is 12.8 Å². The van der Waals surface area contributed by atoms with Gasteiger partial charge in [0.05, 0.1) is 4.83 Å². The molecule has 1 amide bonds. The van der Waals surface area contributed by atoms with Crippen molar-refractivity contribution in [1.29, 1.82) is 0 Å². The van der Waals surface area contributed by atoms with Gasteiger partial charge in [0.15, 0.2) is 0 Å². The fourth-order valence-electron chi connectivity index (χ4n) is 2.16. The Kier molecular flexibility index (Phi) is 2.84. The molecule has 1 aliphatic heterocycles. The van der Waals surface area contributed by atoms with Crippen LogP contribution in [-0.4, -0.2) is 40.4 Å². The maximum atomic E-state index is 11.6. The largest absolute Gasteiger partial charge is 0.396 e. The summed E-state index contributed by atoms with van der Waals surface area (Å²) in [7, 11) is 0. The van der Waals surface area contributed by atoms with Crippen LogP contribution in [0.15, 0.2) is 0 Å². The van der Waals surface area contributed by atoms with Crippen LogP contribution >= 0.6 is 15.9 Å². The molecule has 1 atom stereocenters. The topological polar surface area (TPSA) is 40.5 Å². The lowest BCUT2D eigenvalue weighted by molar-refractivity contribution is -0.128. The second-order valence-corrected chi connectivity index (χ2v) is 5.59. The lowest BCUT2D eigenvalue weighted by Crippen LogP contribution is -2.33. The van der Waals surface area contributed by atoms with E-state index in [0.717, 1.165) is 25.9 Å². The van der Waals surface area contributed by atoms with Crippen LogP contribution in [0.5, 0.6) is 0 Å². The number of aliphatic hydroxyl groups is 1. The van der Waals surface area contributed by atoms with E-state index in [2.05, 4.69) is 15.9 Å². The van der Waals surface area contributed by atoms with Crippen LogP contribution in [0.3, 0.4) is 0 Å². The summed E-state index contributed by atoms with van der Waals surface area (Å²) >= 11 is 3.37. The molecule has 0 aromatic heterocycles. The minimum absolute atomic E-state index is 0.0347. The van der Waals surface area contributed by atoms with E-state index in [9.17, 15) is 4.79 Å². The molecule has 1 saturated heterocycles. The van der Waals surface area contributed by atoms with E-state index in [1.54, 1.807) is 0 Å². The number of likely N-dealkylation sites (tertiary alicyclic amines) is 1. The zero-order valence-corrected chi connectivity index (χ0v) is 9.79. The van der Waals surface area contributed by atoms with Gasteiger partial charge in [-0.25, -0.2) is 0 Å². The number of nitrogens with zero attached hydrogens (tertiary/aromatic N) is 1. The number of carbonyl (C=O) groups excluding carboxylic acids is 1. The van der Waals surface area contributed by atoms with E-state index in [0.29, 0.717) is 0 Å². The van der Waals surface area contributed by atoms with Crippen molar-refractivity contribution in [2.45, 2.75) is 30.5 Å². The Bertz CT molecular complexity index is 240. The van der Waals surface area contributed by atoms with E-state index >= 15 is 0 Å². The summed E-state index contributed by atoms with van der Waals surface area (Å²) in [5.41, 5.74) is 0.265. The molecule has 2 fully saturated rings. The Balaban J connectivity index is 1.89. The summed E-state index contributed by atoms with van der Waals surface area (Å²) in [4.78, 5) is 13.6. The molecule has 1 heterocycles. The molecule has 0 spiro atoms. The van der Waals surface area contributed by atoms with Gasteiger partial charge < -0.3 is 10.0 Å². The van der Waals surface area contributed by atoms with Gasteiger partial charge in [-0.3, -0.25) is 4.79 Å². The van der Waals surface area contributed by atoms with Crippen molar-refractivity contribution in [3.05, 3.63) is 0 Å². The van der Waals surface area contributed by atoms with Crippen molar-refractivity contribution in [3.8, 4) is 0 Å². The number of hydrogen-bond acceptors (Lipinski definition) is 2. The molecular formula is C10H16BrNO2. The summed E-state index contributed by atoms with van der Waals surface area (Å²) in [6.07, 6.45) is 4.12. The van der Waals surface area contributed by atoms with Gasteiger partial charge in [0.25, 0.3) is 0 Å². The molecule has 2 aliphatic rings. The van der Waals surface area contributed by atoms with Crippen molar-refractivity contribution in [2.24, 2.45) is 5.41 Å². The molecule has 1 unspecified atom stereocenters. The quantitative estimate of drug-likeness (QED) is 0.772. The summed E-state index contributed by atoms with van der Waals surface area (Å²) in [6.45, 7) is 1.98. The average molecular weight is 262 g/mol. The zero-order chi connectivity index (χ0) is 10.2. The van der Waals surface area contributed by atoms with Crippen LogP contribution < -0.4 is 0 Å². The molecule has 14 heavy (non-hydrogen) atoms. The van der Waals surface area contributed by atoms with Crippen LogP contribution in [0.1, 0.15) is 25.7 Å². The third-order valence-electron chi connectivity index (χ3n) is 3.36. The first-order chi connectivity index (χ1) is 6.67. The number of halogens is 1. The predicted octanol–water partition coefficient (Wildman–Crippen LogP) is 1.14. The number of aliphatic hydroxyl groups excluding tert-OH is 1. The highest BCUT2D eigenvalue weighted by molar-refractivity contribution is 9.10. The minimum atomic E-state index is 0.0347. The third-order valence-corrected chi connectivity index (χ3v) is 4.21. The van der Waals surface area contributed by atoms with Crippen LogP contribution in [0, 0.1) is 5.41 Å². The first-order valence-electron chi connectivity index (χ1n) is 5.21. The fraction of sp³-hybridized carbons (Fsp3) is 0.900. The Morgan fingerprint density at radius 1 is 1.57 bits per heavy atom. The molecule has 0 aromatic carbocycles. The van der Waals surface area contributed by atoms with Crippen molar-refractivity contribution >= 4 is 21.8 Å². The highest BCUT2D eigenvalue weighted by Crippen LogP contribution is 2.49. The molecule has 3 nitrogen and oxygen atoms in total. The van der Waals surface area contributed by atoms with Crippen molar-refractivity contribution in [3.63, 3.8) is 0 Å². The summed E-state index contributed by atoms with van der Waals surface area (Å²) in [5.74, 6) is 0.231. The molecule has 2 rings (SSSR count). The lowest BCUT2D eigenvalue weighted by atomic mass is 10.0. The molecule has 0 aromatic rings. The fourth-order valence-corrected chi connectivity index (χ4v) is 2.66. The minimum Gasteiger partial charge on any atom is -0.396 e. The van der Waals surface area contributed by atoms with Gasteiger partial charge in [-0.2, -0.15) is 0 Å². The maximum absolute atomic E-state index is 11.6. The van der Waals surface area contributed by atoms with Gasteiger partial charge in [-0.05, 0) is 31.1 Å². The SMILES string of the molecule is O=C1C(Br)CCN1CC1(CCO)CC1. The molecular weight excluding hydrogens is 246 g/mol. The van der Waals surface area contributed by atoms with Crippen molar-refractivity contribution < 1.29 is 9.90 Å². The standard InChI is InChI=1S/C10H16BrNO2/c11-8-1-5-12(9(8)14)7-10(2-3-10)4-6-13/h8,13H,1-7H2. The van der Waals surface area contributed by atoms with Crippen LogP contribution in [0.25, 0.3) is 0 Å². The monoisotopic (exact) mass is 261 g/mol. The summed E-state index contributed by atoms with van der Waals surface area (Å²) < 4.78 is 0. The van der Waals surface area contributed by atoms with E-state index in [1.807, 2.05) is 4.90 Å². The van der Waals surface area contributed by atoms with E-state index in [4.69, 9.17) is 5.11 Å². The molecule has 80 valence electrons. The van der Waals surface area contributed by atoms with Crippen LogP contribution in [-0.2, 0) is 4.79 Å². The van der Waals surface area contributed by atoms with Gasteiger partial charge in [0.1, 0.15) is 0 Å². The van der Waals surface area contributed by atoms with Gasteiger partial charge >= 0.3 is 0 Å². The summed E-state index contributed by atoms with van der Waals surface area (Å²) in [6, 6.07) is 0. The van der Waals surface area contributed by atoms with Gasteiger partial charge in [-0.15, -0.1) is 0 Å². The molecule has 4 heteroatoms. The predicted molar refractivity (Wildman–Crippen MR) is 57.3 cm³/mol. The van der Waals surface area contributed by atoms with Crippen LogP contribution in [0.4, 0.5) is 0 Å². The second-order valence-electron chi connectivity index (χ2n) is 4.49. The van der Waals surface area contributed by atoms with Gasteiger partial charge in [0, 0.05) is 19.7 Å². The summed E-state index contributed by atoms with van der Waals surface area (Å²) in [5, 5.41) is 8.92. The first kappa shape index (κ1) is 10.4. The molecule has 1 saturated carbocycles. The average Bonchev–Trinajstić information content (AvgIpc) is 2.85. The number of alkyl halides is 1. The number of rotatable bonds is 4. The molecule has 1 aliphatic carbocycles. The normalized spacial score (nSPS) is 29.7. The number of hydrogen-bond donors (Lipinski definition) is 1. The van der Waals surface area contributed by atoms with Gasteiger partial charge in [-0.1, -0.05) is 15.9 Å².